The highest BCUT2D eigenvalue weighted by Crippen LogP contribution is 2.54. The van der Waals surface area contributed by atoms with Gasteiger partial charge in [0.2, 0.25) is 0 Å². The van der Waals surface area contributed by atoms with Crippen molar-refractivity contribution in [1.29, 1.82) is 0 Å². The number of rotatable bonds is 0. The summed E-state index contributed by atoms with van der Waals surface area (Å²) in [6.45, 7) is 61.9. The highest BCUT2D eigenvalue weighted by molar-refractivity contribution is 5.03. The van der Waals surface area contributed by atoms with E-state index < -0.39 is 0 Å². The number of ether oxygens (including phenoxy) is 1. The molecule has 10 saturated heterocycles. The number of fused-ring (bicyclic) bond motifs is 5. The molecule has 0 aromatic heterocycles. The van der Waals surface area contributed by atoms with Crippen molar-refractivity contribution < 1.29 is 4.74 Å². The molecule has 3 spiro atoms. The molecule has 10 heteroatoms. The van der Waals surface area contributed by atoms with Gasteiger partial charge in [-0.15, -0.1) is 0 Å². The van der Waals surface area contributed by atoms with E-state index in [0.29, 0.717) is 38.6 Å². The molecular weight excluding hydrogens is 935 g/mol. The van der Waals surface area contributed by atoms with E-state index in [0.717, 1.165) is 54.3 Å². The summed E-state index contributed by atoms with van der Waals surface area (Å²) in [6, 6.07) is 4.05. The summed E-state index contributed by atoms with van der Waals surface area (Å²) in [6.07, 6.45) is 25.8. The second-order valence-corrected chi connectivity index (χ2v) is 33.5. The molecule has 12 fully saturated rings. The van der Waals surface area contributed by atoms with Crippen molar-refractivity contribution >= 4 is 0 Å². The predicted molar refractivity (Wildman–Crippen MR) is 326 cm³/mol. The number of hydrogen-bond acceptors (Lipinski definition) is 10. The fourth-order valence-electron chi connectivity index (χ4n) is 15.9. The number of hydrogen-bond donors (Lipinski definition) is 2. The van der Waals surface area contributed by atoms with E-state index in [9.17, 15) is 0 Å². The Morgan fingerprint density at radius 3 is 1.25 bits per heavy atom. The summed E-state index contributed by atoms with van der Waals surface area (Å²) >= 11 is 0. The van der Waals surface area contributed by atoms with Crippen LogP contribution in [0.5, 0.6) is 0 Å². The van der Waals surface area contributed by atoms with E-state index in [1.165, 1.54) is 207 Å². The molecule has 444 valence electrons. The van der Waals surface area contributed by atoms with Crippen LogP contribution in [0.1, 0.15) is 240 Å². The molecule has 0 aromatic carbocycles. The number of piperidine rings is 2. The Hall–Kier alpha value is -0.400. The van der Waals surface area contributed by atoms with Crippen LogP contribution in [0.2, 0.25) is 0 Å². The maximum absolute atomic E-state index is 5.54. The molecule has 5 unspecified atom stereocenters. The summed E-state index contributed by atoms with van der Waals surface area (Å²) in [5.41, 5.74) is 4.38. The van der Waals surface area contributed by atoms with Crippen LogP contribution in [0.15, 0.2) is 0 Å². The summed E-state index contributed by atoms with van der Waals surface area (Å²) in [5, 5.41) is 7.16. The lowest BCUT2D eigenvalue weighted by atomic mass is 9.76. The second-order valence-electron chi connectivity index (χ2n) is 33.5. The van der Waals surface area contributed by atoms with Crippen LogP contribution in [0.3, 0.4) is 0 Å². The van der Waals surface area contributed by atoms with Crippen molar-refractivity contribution in [2.45, 2.75) is 304 Å². The number of piperazine rings is 3. The first-order valence-electron chi connectivity index (χ1n) is 32.6. The van der Waals surface area contributed by atoms with Gasteiger partial charge >= 0.3 is 0 Å². The smallest absolute Gasteiger partial charge is 0.0524 e. The molecule has 0 amide bonds. The van der Waals surface area contributed by atoms with E-state index in [1.807, 2.05) is 0 Å². The van der Waals surface area contributed by atoms with Gasteiger partial charge in [0.15, 0.2) is 0 Å². The molecule has 10 heterocycles. The zero-order chi connectivity index (χ0) is 55.6. The minimum Gasteiger partial charge on any atom is -0.381 e. The van der Waals surface area contributed by atoms with Gasteiger partial charge in [0.1, 0.15) is 0 Å². The third kappa shape index (κ3) is 17.6. The summed E-state index contributed by atoms with van der Waals surface area (Å²) in [4.78, 5) is 18.5. The van der Waals surface area contributed by atoms with Crippen molar-refractivity contribution in [1.82, 2.24) is 44.9 Å². The second kappa shape index (κ2) is 25.2. The van der Waals surface area contributed by atoms with Gasteiger partial charge in [-0.2, -0.15) is 0 Å². The molecule has 2 aliphatic carbocycles. The van der Waals surface area contributed by atoms with Gasteiger partial charge in [-0.25, -0.2) is 0 Å². The lowest BCUT2D eigenvalue weighted by molar-refractivity contribution is 0.0346. The highest BCUT2D eigenvalue weighted by Gasteiger charge is 2.50. The van der Waals surface area contributed by atoms with Gasteiger partial charge in [0.05, 0.1) is 6.61 Å². The topological polar surface area (TPSA) is 56.0 Å². The van der Waals surface area contributed by atoms with Gasteiger partial charge in [-0.1, -0.05) is 12.8 Å². The zero-order valence-electron chi connectivity index (χ0n) is 54.0. The van der Waals surface area contributed by atoms with Gasteiger partial charge in [0.25, 0.3) is 0 Å². The van der Waals surface area contributed by atoms with Crippen LogP contribution in [-0.2, 0) is 4.74 Å². The quantitative estimate of drug-likeness (QED) is 0.245. The fourth-order valence-corrected chi connectivity index (χ4v) is 15.9. The lowest BCUT2D eigenvalue weighted by Crippen LogP contribution is -2.58. The number of likely N-dealkylation sites (tertiary alicyclic amines) is 4. The van der Waals surface area contributed by atoms with Crippen LogP contribution in [0.4, 0.5) is 0 Å². The van der Waals surface area contributed by atoms with Gasteiger partial charge < -0.3 is 15.4 Å². The van der Waals surface area contributed by atoms with Gasteiger partial charge in [-0.05, 0) is 283 Å². The Morgan fingerprint density at radius 2 is 0.842 bits per heavy atom. The summed E-state index contributed by atoms with van der Waals surface area (Å²) in [5.74, 6) is 0. The maximum Gasteiger partial charge on any atom is 0.0524 e. The van der Waals surface area contributed by atoms with Crippen molar-refractivity contribution in [2.24, 2.45) is 16.2 Å². The molecular formula is C66H129N9O. The Morgan fingerprint density at radius 1 is 0.368 bits per heavy atom. The molecule has 10 nitrogen and oxygen atoms in total. The van der Waals surface area contributed by atoms with Crippen molar-refractivity contribution in [3.63, 3.8) is 0 Å². The Labute approximate surface area is 472 Å². The van der Waals surface area contributed by atoms with Crippen LogP contribution in [0, 0.1) is 16.2 Å². The SMILES string of the molecule is CC(C)(C)N1C2CCC1CNC2.CC(C)(C)N1CC2CCC(C1)N2.CC(C)(C)N1CCC2(CC2)C1.CC(C)(C)N1CCC2(CCCC2)CC1.CC(C)(C)N1CCC2(CCOC2)CC1.CC(C)(C)N1CCN2CCCC2C1. The number of nitrogens with one attached hydrogen (secondary N) is 2. The molecule has 2 saturated carbocycles. The number of nitrogens with zero attached hydrogens (tertiary/aromatic N) is 7. The van der Waals surface area contributed by atoms with Crippen molar-refractivity contribution in [3.8, 4) is 0 Å². The third-order valence-electron chi connectivity index (χ3n) is 21.6. The molecule has 5 atom stereocenters. The standard InChI is InChI=1S/C13H25N.C12H23NO.C11H22N2.2C10H20N2.C10H19N/c1-12(2,3)14-10-8-13(9-11-14)6-4-5-7-13;1-11(2,3)13-7-4-12(5-8-13)6-9-14-10-12;1-11(2,3)13-8-7-12-6-4-5-10(12)9-13;1-10(2,3)12-6-8-4-5-9(7-12)11-8;1-10(2,3)12-8-4-5-9(12)7-11-6-8;1-9(2,3)11-7-6-10(8-11)4-5-10/h4-11H2,1-3H3;4-10H2,1-3H3;10H,4-9H2,1-3H3;2*8-9,11H,4-7H2,1-3H3;4-8H2,1-3H3. The molecule has 12 aliphatic rings. The first-order chi connectivity index (χ1) is 35.3. The molecule has 0 aromatic rings. The summed E-state index contributed by atoms with van der Waals surface area (Å²) < 4.78 is 5.54. The molecule has 0 radical (unpaired) electrons. The minimum atomic E-state index is 0.348. The van der Waals surface area contributed by atoms with Crippen LogP contribution < -0.4 is 10.6 Å². The van der Waals surface area contributed by atoms with E-state index >= 15 is 0 Å². The first kappa shape index (κ1) is 63.2. The average Bonchev–Trinajstić information content (AvgIpc) is 4.02. The van der Waals surface area contributed by atoms with Crippen LogP contribution in [0.25, 0.3) is 0 Å². The Balaban J connectivity index is 0.000000133. The summed E-state index contributed by atoms with van der Waals surface area (Å²) in [7, 11) is 0. The van der Waals surface area contributed by atoms with Gasteiger partial charge in [0, 0.05) is 122 Å². The molecule has 12 rings (SSSR count). The third-order valence-corrected chi connectivity index (χ3v) is 21.6. The predicted octanol–water partition coefficient (Wildman–Crippen LogP) is 12.0. The highest BCUT2D eigenvalue weighted by atomic mass is 16.5. The molecule has 76 heavy (non-hydrogen) atoms. The normalized spacial score (nSPS) is 32.1. The van der Waals surface area contributed by atoms with Crippen molar-refractivity contribution in [3.05, 3.63) is 0 Å². The first-order valence-corrected chi connectivity index (χ1v) is 32.6. The monoisotopic (exact) mass is 1060 g/mol. The van der Waals surface area contributed by atoms with E-state index in [4.69, 9.17) is 4.74 Å². The van der Waals surface area contributed by atoms with Crippen LogP contribution in [-0.4, -0.2) is 203 Å². The Kier molecular flexibility index (Phi) is 21.0. The Bertz CT molecular complexity index is 1650. The molecule has 10 aliphatic heterocycles. The van der Waals surface area contributed by atoms with E-state index in [-0.39, 0.29) is 0 Å². The van der Waals surface area contributed by atoms with E-state index in [2.05, 4.69) is 170 Å². The average molecular weight is 1060 g/mol. The van der Waals surface area contributed by atoms with Crippen molar-refractivity contribution in [2.75, 3.05) is 105 Å². The fraction of sp³-hybridized carbons (Fsp3) is 1.00. The largest absolute Gasteiger partial charge is 0.381 e. The van der Waals surface area contributed by atoms with Gasteiger partial charge in [-0.3, -0.25) is 34.3 Å². The lowest BCUT2D eigenvalue weighted by Gasteiger charge is -2.45. The zero-order valence-corrected chi connectivity index (χ0v) is 54.0. The molecule has 2 N–H and O–H groups in total. The maximum atomic E-state index is 5.54. The van der Waals surface area contributed by atoms with Crippen LogP contribution >= 0.6 is 0 Å². The molecule has 4 bridgehead atoms. The van der Waals surface area contributed by atoms with E-state index in [1.54, 1.807) is 0 Å². The minimum absolute atomic E-state index is 0.348.